The fraction of sp³-hybridized carbons (Fsp3) is 0.500. The molecular weight excluding hydrogens is 284 g/mol. The van der Waals surface area contributed by atoms with Gasteiger partial charge in [0.25, 0.3) is 5.91 Å². The molecule has 0 fully saturated rings. The Morgan fingerprint density at radius 2 is 1.71 bits per heavy atom. The van der Waals surface area contributed by atoms with E-state index in [1.54, 1.807) is 23.9 Å². The number of thioether (sulfide) groups is 1. The van der Waals surface area contributed by atoms with Crippen molar-refractivity contribution >= 4 is 23.6 Å². The third kappa shape index (κ3) is 7.18. The topological polar surface area (TPSA) is 58.2 Å². The summed E-state index contributed by atoms with van der Waals surface area (Å²) in [7, 11) is 0. The van der Waals surface area contributed by atoms with E-state index in [1.165, 1.54) is 0 Å². The Balaban J connectivity index is 2.42. The molecule has 116 valence electrons. The summed E-state index contributed by atoms with van der Waals surface area (Å²) < 4.78 is 0.0889. The van der Waals surface area contributed by atoms with Gasteiger partial charge in [0, 0.05) is 23.4 Å². The van der Waals surface area contributed by atoms with Crippen LogP contribution in [0.2, 0.25) is 0 Å². The summed E-state index contributed by atoms with van der Waals surface area (Å²) in [6.07, 6.45) is 0. The number of hydrogen-bond donors (Lipinski definition) is 2. The SMILES string of the molecule is CCNC(=O)c1ccc(CNC(=O)CSC(C)(C)C)cc1. The van der Waals surface area contributed by atoms with Gasteiger partial charge in [-0.1, -0.05) is 32.9 Å². The van der Waals surface area contributed by atoms with E-state index < -0.39 is 0 Å². The van der Waals surface area contributed by atoms with E-state index in [0.717, 1.165) is 5.56 Å². The van der Waals surface area contributed by atoms with Gasteiger partial charge in [0.2, 0.25) is 5.91 Å². The van der Waals surface area contributed by atoms with Crippen molar-refractivity contribution in [2.75, 3.05) is 12.3 Å². The summed E-state index contributed by atoms with van der Waals surface area (Å²) in [5, 5.41) is 5.64. The Bertz CT molecular complexity index is 478. The predicted molar refractivity (Wildman–Crippen MR) is 88.5 cm³/mol. The minimum atomic E-state index is -0.0744. The Hall–Kier alpha value is -1.49. The van der Waals surface area contributed by atoms with Gasteiger partial charge in [0.1, 0.15) is 0 Å². The normalized spacial score (nSPS) is 11.0. The molecule has 2 amide bonds. The molecule has 0 saturated heterocycles. The minimum Gasteiger partial charge on any atom is -0.352 e. The molecule has 1 rings (SSSR count). The highest BCUT2D eigenvalue weighted by Crippen LogP contribution is 2.22. The van der Waals surface area contributed by atoms with Gasteiger partial charge in [-0.25, -0.2) is 0 Å². The smallest absolute Gasteiger partial charge is 0.251 e. The van der Waals surface area contributed by atoms with Gasteiger partial charge in [-0.3, -0.25) is 9.59 Å². The molecule has 0 aliphatic heterocycles. The monoisotopic (exact) mass is 308 g/mol. The molecule has 0 heterocycles. The Kier molecular flexibility index (Phi) is 6.75. The van der Waals surface area contributed by atoms with Crippen LogP contribution >= 0.6 is 11.8 Å². The first-order valence-corrected chi connectivity index (χ1v) is 8.08. The van der Waals surface area contributed by atoms with E-state index in [0.29, 0.717) is 24.4 Å². The highest BCUT2D eigenvalue weighted by Gasteiger charge is 2.13. The molecule has 0 radical (unpaired) electrons. The summed E-state index contributed by atoms with van der Waals surface area (Å²) in [4.78, 5) is 23.3. The number of carbonyl (C=O) groups is 2. The van der Waals surface area contributed by atoms with Crippen LogP contribution in [0.4, 0.5) is 0 Å². The maximum absolute atomic E-state index is 11.7. The summed E-state index contributed by atoms with van der Waals surface area (Å²) in [6.45, 7) is 9.25. The van der Waals surface area contributed by atoms with Gasteiger partial charge >= 0.3 is 0 Å². The summed E-state index contributed by atoms with van der Waals surface area (Å²) in [6, 6.07) is 7.27. The first kappa shape index (κ1) is 17.6. The number of amides is 2. The Morgan fingerprint density at radius 3 is 2.24 bits per heavy atom. The zero-order chi connectivity index (χ0) is 15.9. The van der Waals surface area contributed by atoms with Gasteiger partial charge < -0.3 is 10.6 Å². The molecule has 0 atom stereocenters. The van der Waals surface area contributed by atoms with Crippen LogP contribution in [0, 0.1) is 0 Å². The molecular formula is C16H24N2O2S. The van der Waals surface area contributed by atoms with E-state index >= 15 is 0 Å². The second-order valence-electron chi connectivity index (χ2n) is 5.73. The molecule has 0 spiro atoms. The van der Waals surface area contributed by atoms with Crippen molar-refractivity contribution in [1.29, 1.82) is 0 Å². The van der Waals surface area contributed by atoms with Gasteiger partial charge in [0.05, 0.1) is 5.75 Å². The van der Waals surface area contributed by atoms with Crippen molar-refractivity contribution in [3.05, 3.63) is 35.4 Å². The van der Waals surface area contributed by atoms with Crippen LogP contribution in [0.3, 0.4) is 0 Å². The second-order valence-corrected chi connectivity index (χ2v) is 7.54. The average molecular weight is 308 g/mol. The Labute approximate surface area is 131 Å². The van der Waals surface area contributed by atoms with E-state index in [4.69, 9.17) is 0 Å². The summed E-state index contributed by atoms with van der Waals surface area (Å²) in [5.74, 6) is 0.415. The van der Waals surface area contributed by atoms with Gasteiger partial charge in [-0.15, -0.1) is 11.8 Å². The van der Waals surface area contributed by atoms with Crippen LogP contribution < -0.4 is 10.6 Å². The highest BCUT2D eigenvalue weighted by atomic mass is 32.2. The molecule has 0 saturated carbocycles. The van der Waals surface area contributed by atoms with E-state index in [1.807, 2.05) is 19.1 Å². The molecule has 1 aromatic carbocycles. The zero-order valence-corrected chi connectivity index (χ0v) is 14.0. The molecule has 21 heavy (non-hydrogen) atoms. The minimum absolute atomic E-state index is 0.0303. The van der Waals surface area contributed by atoms with Crippen LogP contribution in [-0.2, 0) is 11.3 Å². The zero-order valence-electron chi connectivity index (χ0n) is 13.2. The fourth-order valence-electron chi connectivity index (χ4n) is 1.57. The van der Waals surface area contributed by atoms with Gasteiger partial charge in [0.15, 0.2) is 0 Å². The van der Waals surface area contributed by atoms with Crippen molar-refractivity contribution in [3.8, 4) is 0 Å². The third-order valence-corrected chi connectivity index (χ3v) is 3.95. The second kappa shape index (κ2) is 8.08. The number of hydrogen-bond acceptors (Lipinski definition) is 3. The first-order valence-electron chi connectivity index (χ1n) is 7.09. The lowest BCUT2D eigenvalue weighted by Crippen LogP contribution is -2.26. The molecule has 0 bridgehead atoms. The third-order valence-electron chi connectivity index (χ3n) is 2.68. The number of benzene rings is 1. The largest absolute Gasteiger partial charge is 0.352 e. The predicted octanol–water partition coefficient (Wildman–Crippen LogP) is 2.58. The van der Waals surface area contributed by atoms with Crippen LogP contribution in [-0.4, -0.2) is 28.9 Å². The van der Waals surface area contributed by atoms with E-state index in [2.05, 4.69) is 31.4 Å². The lowest BCUT2D eigenvalue weighted by molar-refractivity contribution is -0.118. The van der Waals surface area contributed by atoms with E-state index in [-0.39, 0.29) is 16.6 Å². The molecule has 0 aliphatic carbocycles. The highest BCUT2D eigenvalue weighted by molar-refractivity contribution is 8.01. The molecule has 0 aliphatic rings. The number of rotatable bonds is 6. The summed E-state index contributed by atoms with van der Waals surface area (Å²) in [5.41, 5.74) is 1.62. The van der Waals surface area contributed by atoms with Crippen molar-refractivity contribution < 1.29 is 9.59 Å². The van der Waals surface area contributed by atoms with Gasteiger partial charge in [-0.05, 0) is 24.6 Å². The molecule has 1 aromatic rings. The van der Waals surface area contributed by atoms with Crippen LogP contribution in [0.25, 0.3) is 0 Å². The Morgan fingerprint density at radius 1 is 1.10 bits per heavy atom. The maximum Gasteiger partial charge on any atom is 0.251 e. The number of carbonyl (C=O) groups excluding carboxylic acids is 2. The quantitative estimate of drug-likeness (QED) is 0.849. The van der Waals surface area contributed by atoms with Gasteiger partial charge in [-0.2, -0.15) is 0 Å². The molecule has 0 aromatic heterocycles. The first-order chi connectivity index (χ1) is 9.81. The molecule has 4 nitrogen and oxygen atoms in total. The molecule has 0 unspecified atom stereocenters. The van der Waals surface area contributed by atoms with Crippen LogP contribution in [0.5, 0.6) is 0 Å². The van der Waals surface area contributed by atoms with Crippen molar-refractivity contribution in [2.24, 2.45) is 0 Å². The average Bonchev–Trinajstić information content (AvgIpc) is 2.43. The van der Waals surface area contributed by atoms with Crippen molar-refractivity contribution in [3.63, 3.8) is 0 Å². The standard InChI is InChI=1S/C16H24N2O2S/c1-5-17-15(20)13-8-6-12(7-9-13)10-18-14(19)11-21-16(2,3)4/h6-9H,5,10-11H2,1-4H3,(H,17,20)(H,18,19). The van der Waals surface area contributed by atoms with E-state index in [9.17, 15) is 9.59 Å². The van der Waals surface area contributed by atoms with Crippen LogP contribution in [0.15, 0.2) is 24.3 Å². The fourth-order valence-corrected chi connectivity index (χ4v) is 2.24. The summed E-state index contributed by atoms with van der Waals surface area (Å²) >= 11 is 1.62. The maximum atomic E-state index is 11.7. The van der Waals surface area contributed by atoms with Crippen molar-refractivity contribution in [2.45, 2.75) is 39.0 Å². The lowest BCUT2D eigenvalue weighted by atomic mass is 10.1. The van der Waals surface area contributed by atoms with Crippen molar-refractivity contribution in [1.82, 2.24) is 10.6 Å². The number of nitrogens with one attached hydrogen (secondary N) is 2. The van der Waals surface area contributed by atoms with Crippen LogP contribution in [0.1, 0.15) is 43.6 Å². The lowest BCUT2D eigenvalue weighted by Gasteiger charge is -2.17. The molecule has 2 N–H and O–H groups in total. The molecule has 5 heteroatoms.